The molecule has 1 aromatic heterocycles. The van der Waals surface area contributed by atoms with E-state index in [0.717, 1.165) is 24.8 Å². The van der Waals surface area contributed by atoms with Crippen LogP contribution in [0.1, 0.15) is 30.4 Å². The van der Waals surface area contributed by atoms with Gasteiger partial charge in [-0.15, -0.1) is 0 Å². The van der Waals surface area contributed by atoms with Crippen LogP contribution in [-0.2, 0) is 27.7 Å². The van der Waals surface area contributed by atoms with Crippen molar-refractivity contribution in [2.75, 3.05) is 18.4 Å². The zero-order valence-corrected chi connectivity index (χ0v) is 15.8. The van der Waals surface area contributed by atoms with E-state index < -0.39 is 10.0 Å². The lowest BCUT2D eigenvalue weighted by atomic mass is 9.97. The monoisotopic (exact) mass is 386 g/mol. The summed E-state index contributed by atoms with van der Waals surface area (Å²) in [6.07, 6.45) is 7.17. The molecular weight excluding hydrogens is 364 g/mol. The van der Waals surface area contributed by atoms with Crippen LogP contribution in [0.2, 0.25) is 0 Å². The highest BCUT2D eigenvalue weighted by Crippen LogP contribution is 2.28. The third-order valence-corrected chi connectivity index (χ3v) is 7.23. The number of rotatable bonds is 4. The highest BCUT2D eigenvalue weighted by atomic mass is 32.2. The number of fused-ring (bicyclic) bond motifs is 1. The van der Waals surface area contributed by atoms with Gasteiger partial charge in [0.25, 0.3) is 0 Å². The summed E-state index contributed by atoms with van der Waals surface area (Å²) in [5.41, 5.74) is 2.40. The maximum atomic E-state index is 13.0. The second kappa shape index (κ2) is 7.36. The minimum Gasteiger partial charge on any atom is -0.294 e. The van der Waals surface area contributed by atoms with Crippen molar-refractivity contribution < 1.29 is 13.2 Å². The van der Waals surface area contributed by atoms with E-state index >= 15 is 0 Å². The highest BCUT2D eigenvalue weighted by Gasteiger charge is 2.32. The van der Waals surface area contributed by atoms with Crippen molar-refractivity contribution in [3.05, 3.63) is 47.8 Å². The number of aryl methyl sites for hydroxylation is 2. The predicted molar refractivity (Wildman–Crippen MR) is 101 cm³/mol. The van der Waals surface area contributed by atoms with Crippen LogP contribution in [0, 0.1) is 5.92 Å². The Kier molecular flexibility index (Phi) is 4.92. The van der Waals surface area contributed by atoms with Crippen LogP contribution in [0.25, 0.3) is 0 Å². The molecule has 1 fully saturated rings. The Morgan fingerprint density at radius 2 is 1.78 bits per heavy atom. The quantitative estimate of drug-likeness (QED) is 0.868. The van der Waals surface area contributed by atoms with Gasteiger partial charge < -0.3 is 0 Å². The van der Waals surface area contributed by atoms with Gasteiger partial charge in [-0.05, 0) is 61.4 Å². The molecule has 1 amide bonds. The van der Waals surface area contributed by atoms with Crippen molar-refractivity contribution in [1.29, 1.82) is 0 Å². The summed E-state index contributed by atoms with van der Waals surface area (Å²) in [4.78, 5) is 20.7. The van der Waals surface area contributed by atoms with Crippen LogP contribution in [0.3, 0.4) is 0 Å². The maximum absolute atomic E-state index is 13.0. The molecule has 27 heavy (non-hydrogen) atoms. The van der Waals surface area contributed by atoms with Crippen molar-refractivity contribution in [2.45, 2.75) is 37.0 Å². The Morgan fingerprint density at radius 1 is 1.07 bits per heavy atom. The maximum Gasteiger partial charge on any atom is 0.243 e. The number of anilines is 1. The molecule has 142 valence electrons. The molecular formula is C19H22N4O3S. The fourth-order valence-electron chi connectivity index (χ4n) is 3.79. The van der Waals surface area contributed by atoms with E-state index in [1.165, 1.54) is 9.87 Å². The van der Waals surface area contributed by atoms with E-state index in [0.29, 0.717) is 30.8 Å². The molecule has 1 N–H and O–H groups in total. The summed E-state index contributed by atoms with van der Waals surface area (Å²) in [7, 11) is -3.51. The molecule has 1 saturated heterocycles. The van der Waals surface area contributed by atoms with Crippen LogP contribution in [0.5, 0.6) is 0 Å². The minimum atomic E-state index is -3.51. The topological polar surface area (TPSA) is 92.3 Å². The van der Waals surface area contributed by atoms with Crippen LogP contribution in [0.4, 0.5) is 5.95 Å². The molecule has 0 unspecified atom stereocenters. The molecule has 4 rings (SSSR count). The molecule has 1 aliphatic heterocycles. The molecule has 0 bridgehead atoms. The number of benzene rings is 1. The molecule has 1 aromatic carbocycles. The molecule has 7 nitrogen and oxygen atoms in total. The fourth-order valence-corrected chi connectivity index (χ4v) is 5.31. The third kappa shape index (κ3) is 3.72. The SMILES string of the molecule is O=C(Nc1ncccn1)C1CCN(S(=O)(=O)c2ccc3c(c2)CCC3)CC1. The van der Waals surface area contributed by atoms with Crippen LogP contribution in [-0.4, -0.2) is 41.7 Å². The summed E-state index contributed by atoms with van der Waals surface area (Å²) >= 11 is 0. The van der Waals surface area contributed by atoms with Crippen LogP contribution in [0.15, 0.2) is 41.6 Å². The first kappa shape index (κ1) is 18.1. The van der Waals surface area contributed by atoms with Gasteiger partial charge in [-0.2, -0.15) is 4.31 Å². The van der Waals surface area contributed by atoms with Gasteiger partial charge >= 0.3 is 0 Å². The number of aromatic nitrogens is 2. The molecule has 2 heterocycles. The van der Waals surface area contributed by atoms with Gasteiger partial charge in [0.15, 0.2) is 0 Å². The Morgan fingerprint density at radius 3 is 2.52 bits per heavy atom. The van der Waals surface area contributed by atoms with Gasteiger partial charge in [0, 0.05) is 31.4 Å². The summed E-state index contributed by atoms with van der Waals surface area (Å²) in [5.74, 6) is -0.119. The first-order valence-corrected chi connectivity index (χ1v) is 10.7. The Hall–Kier alpha value is -2.32. The number of carbonyl (C=O) groups excluding carboxylic acids is 1. The smallest absolute Gasteiger partial charge is 0.243 e. The van der Waals surface area contributed by atoms with Gasteiger partial charge in [-0.25, -0.2) is 18.4 Å². The van der Waals surface area contributed by atoms with E-state index in [1.54, 1.807) is 24.5 Å². The second-order valence-electron chi connectivity index (χ2n) is 7.02. The first-order valence-electron chi connectivity index (χ1n) is 9.24. The fraction of sp³-hybridized carbons (Fsp3) is 0.421. The van der Waals surface area contributed by atoms with Gasteiger partial charge in [-0.1, -0.05) is 6.07 Å². The Bertz CT molecular complexity index is 939. The third-order valence-electron chi connectivity index (χ3n) is 5.33. The molecule has 0 spiro atoms. The van der Waals surface area contributed by atoms with Crippen LogP contribution < -0.4 is 5.32 Å². The van der Waals surface area contributed by atoms with Crippen molar-refractivity contribution in [1.82, 2.24) is 14.3 Å². The zero-order valence-electron chi connectivity index (χ0n) is 15.0. The molecule has 0 atom stereocenters. The molecule has 8 heteroatoms. The van der Waals surface area contributed by atoms with E-state index in [9.17, 15) is 13.2 Å². The summed E-state index contributed by atoms with van der Waals surface area (Å²) in [6.45, 7) is 0.681. The molecule has 1 aliphatic carbocycles. The number of sulfonamides is 1. The molecule has 2 aliphatic rings. The molecule has 0 radical (unpaired) electrons. The lowest BCUT2D eigenvalue weighted by Gasteiger charge is -2.30. The number of piperidine rings is 1. The van der Waals surface area contributed by atoms with Gasteiger partial charge in [0.05, 0.1) is 4.90 Å². The van der Waals surface area contributed by atoms with Gasteiger partial charge in [0.1, 0.15) is 0 Å². The van der Waals surface area contributed by atoms with Crippen LogP contribution >= 0.6 is 0 Å². The summed E-state index contributed by atoms with van der Waals surface area (Å²) in [5, 5.41) is 2.70. The van der Waals surface area contributed by atoms with E-state index in [1.807, 2.05) is 12.1 Å². The number of hydrogen-bond donors (Lipinski definition) is 1. The highest BCUT2D eigenvalue weighted by molar-refractivity contribution is 7.89. The van der Waals surface area contributed by atoms with Gasteiger partial charge in [0.2, 0.25) is 21.9 Å². The standard InChI is InChI=1S/C19H22N4O3S/c24-18(22-19-20-9-2-10-21-19)15-7-11-23(12-8-15)27(25,26)17-6-5-14-3-1-4-16(14)13-17/h2,5-6,9-10,13,15H,1,3-4,7-8,11-12H2,(H,20,21,22,24). The lowest BCUT2D eigenvalue weighted by Crippen LogP contribution is -2.41. The molecule has 2 aromatic rings. The normalized spacial score (nSPS) is 18.2. The Balaban J connectivity index is 1.40. The number of nitrogens with one attached hydrogen (secondary N) is 1. The Labute approximate surface area is 158 Å². The largest absolute Gasteiger partial charge is 0.294 e. The first-order chi connectivity index (χ1) is 13.0. The lowest BCUT2D eigenvalue weighted by molar-refractivity contribution is -0.121. The predicted octanol–water partition coefficient (Wildman–Crippen LogP) is 2.00. The number of amides is 1. The minimum absolute atomic E-state index is 0.157. The summed E-state index contributed by atoms with van der Waals surface area (Å²) in [6, 6.07) is 7.15. The van der Waals surface area contributed by atoms with E-state index in [2.05, 4.69) is 15.3 Å². The second-order valence-corrected chi connectivity index (χ2v) is 8.96. The number of nitrogens with zero attached hydrogens (tertiary/aromatic N) is 3. The average Bonchev–Trinajstić information content (AvgIpc) is 3.17. The van der Waals surface area contributed by atoms with Crippen molar-refractivity contribution in [3.63, 3.8) is 0 Å². The van der Waals surface area contributed by atoms with Gasteiger partial charge in [-0.3, -0.25) is 10.1 Å². The number of carbonyl (C=O) groups is 1. The van der Waals surface area contributed by atoms with Crippen molar-refractivity contribution in [2.24, 2.45) is 5.92 Å². The van der Waals surface area contributed by atoms with Crippen molar-refractivity contribution >= 4 is 21.9 Å². The average molecular weight is 386 g/mol. The van der Waals surface area contributed by atoms with E-state index in [4.69, 9.17) is 0 Å². The van der Waals surface area contributed by atoms with E-state index in [-0.39, 0.29) is 17.8 Å². The van der Waals surface area contributed by atoms with Crippen molar-refractivity contribution in [3.8, 4) is 0 Å². The summed E-state index contributed by atoms with van der Waals surface area (Å²) < 4.78 is 27.4. The zero-order chi connectivity index (χ0) is 18.9. The molecule has 0 saturated carbocycles. The number of hydrogen-bond acceptors (Lipinski definition) is 5.